The highest BCUT2D eigenvalue weighted by Crippen LogP contribution is 2.26. The number of benzene rings is 1. The predicted molar refractivity (Wildman–Crippen MR) is 114 cm³/mol. The maximum Gasteiger partial charge on any atom is 0.261 e. The summed E-state index contributed by atoms with van der Waals surface area (Å²) < 4.78 is 5.56. The fourth-order valence-corrected chi connectivity index (χ4v) is 4.65. The van der Waals surface area contributed by atoms with Gasteiger partial charge in [-0.3, -0.25) is 19.3 Å². The zero-order valence-electron chi connectivity index (χ0n) is 17.1. The summed E-state index contributed by atoms with van der Waals surface area (Å²) in [6, 6.07) is 6.80. The molecule has 2 aliphatic heterocycles. The SMILES string of the molecule is CN(C)C(CNC(=O)c1ccc2c(c1)C(=O)N(CC1CCCO1)C2=O)c1ccsc1. The normalized spacial score (nSPS) is 19.4. The van der Waals surface area contributed by atoms with Gasteiger partial charge in [0.2, 0.25) is 0 Å². The molecule has 0 saturated carbocycles. The van der Waals surface area contributed by atoms with Crippen molar-refractivity contribution in [2.24, 2.45) is 0 Å². The van der Waals surface area contributed by atoms with Crippen LogP contribution in [0.15, 0.2) is 35.0 Å². The van der Waals surface area contributed by atoms with Gasteiger partial charge in [0.25, 0.3) is 17.7 Å². The number of thiophene rings is 1. The van der Waals surface area contributed by atoms with E-state index in [0.717, 1.165) is 18.4 Å². The molecule has 2 aliphatic rings. The standard InChI is InChI=1S/C22H25N3O4S/c1-24(2)19(15-7-9-30-13-15)11-23-20(26)14-5-6-17-18(10-14)22(28)25(21(17)27)12-16-4-3-8-29-16/h5-7,9-10,13,16,19H,3-4,8,11-12H2,1-2H3,(H,23,26). The predicted octanol–water partition coefficient (Wildman–Crippen LogP) is 2.56. The largest absolute Gasteiger partial charge is 0.376 e. The molecule has 158 valence electrons. The Bertz CT molecular complexity index is 951. The van der Waals surface area contributed by atoms with Gasteiger partial charge in [0.05, 0.1) is 29.8 Å². The summed E-state index contributed by atoms with van der Waals surface area (Å²) >= 11 is 1.62. The first-order chi connectivity index (χ1) is 14.5. The minimum absolute atomic E-state index is 0.0553. The van der Waals surface area contributed by atoms with Crippen LogP contribution in [0.2, 0.25) is 0 Å². The van der Waals surface area contributed by atoms with Gasteiger partial charge in [-0.25, -0.2) is 0 Å². The molecule has 0 bridgehead atoms. The number of carbonyl (C=O) groups excluding carboxylic acids is 3. The lowest BCUT2D eigenvalue weighted by atomic mass is 10.0. The average Bonchev–Trinajstić information content (AvgIpc) is 3.48. The second-order valence-corrected chi connectivity index (χ2v) is 8.64. The zero-order chi connectivity index (χ0) is 21.3. The molecule has 1 saturated heterocycles. The van der Waals surface area contributed by atoms with Crippen molar-refractivity contribution in [2.45, 2.75) is 25.0 Å². The fourth-order valence-electron chi connectivity index (χ4n) is 3.94. The molecule has 2 aromatic rings. The first-order valence-corrected chi connectivity index (χ1v) is 11.0. The summed E-state index contributed by atoms with van der Waals surface area (Å²) in [6.07, 6.45) is 1.69. The molecule has 1 fully saturated rings. The second-order valence-electron chi connectivity index (χ2n) is 7.86. The molecule has 2 unspecified atom stereocenters. The molecule has 2 atom stereocenters. The van der Waals surface area contributed by atoms with Crippen molar-refractivity contribution in [1.82, 2.24) is 15.1 Å². The van der Waals surface area contributed by atoms with Crippen molar-refractivity contribution < 1.29 is 19.1 Å². The summed E-state index contributed by atoms with van der Waals surface area (Å²) in [4.78, 5) is 41.5. The van der Waals surface area contributed by atoms with Gasteiger partial charge in [-0.15, -0.1) is 0 Å². The third-order valence-corrected chi connectivity index (χ3v) is 6.35. The molecule has 1 aromatic heterocycles. The van der Waals surface area contributed by atoms with Crippen molar-refractivity contribution >= 4 is 29.1 Å². The van der Waals surface area contributed by atoms with Crippen LogP contribution in [-0.2, 0) is 4.74 Å². The van der Waals surface area contributed by atoms with E-state index in [2.05, 4.69) is 15.6 Å². The van der Waals surface area contributed by atoms with E-state index in [-0.39, 0.29) is 42.0 Å². The third-order valence-electron chi connectivity index (χ3n) is 5.65. The van der Waals surface area contributed by atoms with Gasteiger partial charge < -0.3 is 15.0 Å². The van der Waals surface area contributed by atoms with Gasteiger partial charge in [0, 0.05) is 18.7 Å². The monoisotopic (exact) mass is 427 g/mol. The summed E-state index contributed by atoms with van der Waals surface area (Å²) in [5.74, 6) is -0.940. The van der Waals surface area contributed by atoms with Gasteiger partial charge in [-0.2, -0.15) is 11.3 Å². The van der Waals surface area contributed by atoms with Gasteiger partial charge in [0.15, 0.2) is 0 Å². The first kappa shape index (κ1) is 20.7. The number of rotatable bonds is 7. The highest BCUT2D eigenvalue weighted by atomic mass is 32.1. The average molecular weight is 428 g/mol. The van der Waals surface area contributed by atoms with Crippen molar-refractivity contribution in [2.75, 3.05) is 33.8 Å². The van der Waals surface area contributed by atoms with E-state index >= 15 is 0 Å². The number of amides is 3. The lowest BCUT2D eigenvalue weighted by Crippen LogP contribution is -2.36. The van der Waals surface area contributed by atoms with Crippen molar-refractivity contribution in [3.05, 3.63) is 57.3 Å². The highest BCUT2D eigenvalue weighted by molar-refractivity contribution is 7.08. The molecular weight excluding hydrogens is 402 g/mol. The van der Waals surface area contributed by atoms with Gasteiger partial charge >= 0.3 is 0 Å². The Kier molecular flexibility index (Phi) is 5.99. The van der Waals surface area contributed by atoms with Gasteiger partial charge in [0.1, 0.15) is 0 Å². The zero-order valence-corrected chi connectivity index (χ0v) is 17.9. The Hall–Kier alpha value is -2.55. The van der Waals surface area contributed by atoms with Crippen LogP contribution in [0.4, 0.5) is 0 Å². The Morgan fingerprint density at radius 2 is 2.07 bits per heavy atom. The third kappa shape index (κ3) is 4.03. The van der Waals surface area contributed by atoms with Crippen molar-refractivity contribution in [3.63, 3.8) is 0 Å². The Labute approximate surface area is 179 Å². The molecule has 0 aliphatic carbocycles. The van der Waals surface area contributed by atoms with E-state index in [1.807, 2.05) is 25.5 Å². The fraction of sp³-hybridized carbons (Fsp3) is 0.409. The van der Waals surface area contributed by atoms with Crippen LogP contribution in [-0.4, -0.2) is 67.4 Å². The molecule has 3 heterocycles. The first-order valence-electron chi connectivity index (χ1n) is 10.0. The van der Waals surface area contributed by atoms with E-state index in [1.54, 1.807) is 23.5 Å². The maximum atomic E-state index is 12.8. The lowest BCUT2D eigenvalue weighted by molar-refractivity contribution is 0.0475. The summed E-state index contributed by atoms with van der Waals surface area (Å²) in [5.41, 5.74) is 2.15. The van der Waals surface area contributed by atoms with E-state index in [4.69, 9.17) is 4.74 Å². The highest BCUT2D eigenvalue weighted by Gasteiger charge is 2.38. The van der Waals surface area contributed by atoms with Crippen LogP contribution in [0.3, 0.4) is 0 Å². The summed E-state index contributed by atoms with van der Waals surface area (Å²) in [6.45, 7) is 1.37. The molecular formula is C22H25N3O4S. The van der Waals surface area contributed by atoms with Gasteiger partial charge in [-0.1, -0.05) is 0 Å². The Morgan fingerprint density at radius 1 is 1.27 bits per heavy atom. The second kappa shape index (κ2) is 8.67. The number of carbonyl (C=O) groups is 3. The molecule has 1 N–H and O–H groups in total. The summed E-state index contributed by atoms with van der Waals surface area (Å²) in [7, 11) is 3.94. The quantitative estimate of drug-likeness (QED) is 0.687. The molecule has 1 aromatic carbocycles. The molecule has 3 amide bonds. The van der Waals surface area contributed by atoms with E-state index in [1.165, 1.54) is 11.0 Å². The van der Waals surface area contributed by atoms with E-state index < -0.39 is 0 Å². The topological polar surface area (TPSA) is 79.0 Å². The van der Waals surface area contributed by atoms with Gasteiger partial charge in [-0.05, 0) is 67.5 Å². The smallest absolute Gasteiger partial charge is 0.261 e. The van der Waals surface area contributed by atoms with Crippen LogP contribution in [0, 0.1) is 0 Å². The molecule has 0 spiro atoms. The molecule has 7 nitrogen and oxygen atoms in total. The number of hydrogen-bond acceptors (Lipinski definition) is 6. The Balaban J connectivity index is 1.45. The number of likely N-dealkylation sites (N-methyl/N-ethyl adjacent to an activating group) is 1. The molecule has 30 heavy (non-hydrogen) atoms. The minimum atomic E-state index is -0.357. The number of ether oxygens (including phenoxy) is 1. The van der Waals surface area contributed by atoms with Crippen LogP contribution in [0.25, 0.3) is 0 Å². The van der Waals surface area contributed by atoms with E-state index in [0.29, 0.717) is 24.3 Å². The number of nitrogens with one attached hydrogen (secondary N) is 1. The number of fused-ring (bicyclic) bond motifs is 1. The van der Waals surface area contributed by atoms with E-state index in [9.17, 15) is 14.4 Å². The van der Waals surface area contributed by atoms with Crippen LogP contribution >= 0.6 is 11.3 Å². The van der Waals surface area contributed by atoms with Crippen molar-refractivity contribution in [3.8, 4) is 0 Å². The van der Waals surface area contributed by atoms with Crippen LogP contribution in [0.5, 0.6) is 0 Å². The lowest BCUT2D eigenvalue weighted by Gasteiger charge is -2.24. The molecule has 8 heteroatoms. The molecule has 0 radical (unpaired) electrons. The Morgan fingerprint density at radius 3 is 2.73 bits per heavy atom. The maximum absolute atomic E-state index is 12.8. The van der Waals surface area contributed by atoms with Crippen LogP contribution < -0.4 is 5.32 Å². The number of hydrogen-bond donors (Lipinski definition) is 1. The molecule has 4 rings (SSSR count). The number of imide groups is 1. The minimum Gasteiger partial charge on any atom is -0.376 e. The van der Waals surface area contributed by atoms with Crippen molar-refractivity contribution in [1.29, 1.82) is 0 Å². The number of nitrogens with zero attached hydrogens (tertiary/aromatic N) is 2. The van der Waals surface area contributed by atoms with Crippen LogP contribution in [0.1, 0.15) is 55.5 Å². The summed E-state index contributed by atoms with van der Waals surface area (Å²) in [5, 5.41) is 7.03.